The van der Waals surface area contributed by atoms with Crippen LogP contribution in [0.1, 0.15) is 26.3 Å². The van der Waals surface area contributed by atoms with Crippen LogP contribution in [0.4, 0.5) is 0 Å². The van der Waals surface area contributed by atoms with E-state index in [0.29, 0.717) is 5.88 Å². The summed E-state index contributed by atoms with van der Waals surface area (Å²) in [4.78, 5) is 4.02. The van der Waals surface area contributed by atoms with Crippen molar-refractivity contribution < 1.29 is 4.74 Å². The van der Waals surface area contributed by atoms with Crippen LogP contribution >= 0.6 is 0 Å². The molecule has 0 saturated carbocycles. The standard InChI is InChI=1S/C13H15NO/c1-10(2)11(3)5-6-12-7-8-14-13(9-12)15-4/h7-9H,1-4H3. The van der Waals surface area contributed by atoms with E-state index in [1.165, 1.54) is 5.57 Å². The van der Waals surface area contributed by atoms with Gasteiger partial charge in [0, 0.05) is 17.8 Å². The monoisotopic (exact) mass is 201 g/mol. The first-order valence-corrected chi connectivity index (χ1v) is 4.79. The molecule has 0 radical (unpaired) electrons. The molecule has 0 aliphatic rings. The molecule has 0 bridgehead atoms. The van der Waals surface area contributed by atoms with Crippen molar-refractivity contribution in [1.29, 1.82) is 0 Å². The van der Waals surface area contributed by atoms with Gasteiger partial charge >= 0.3 is 0 Å². The van der Waals surface area contributed by atoms with Crippen LogP contribution in [0.15, 0.2) is 29.5 Å². The Kier molecular flexibility index (Phi) is 3.93. The highest BCUT2D eigenvalue weighted by Gasteiger charge is 1.92. The molecular formula is C13H15NO. The molecular weight excluding hydrogens is 186 g/mol. The lowest BCUT2D eigenvalue weighted by atomic mass is 10.1. The Morgan fingerprint density at radius 2 is 2.07 bits per heavy atom. The molecule has 1 aromatic rings. The number of aromatic nitrogens is 1. The van der Waals surface area contributed by atoms with Gasteiger partial charge in [-0.3, -0.25) is 0 Å². The van der Waals surface area contributed by atoms with E-state index >= 15 is 0 Å². The van der Waals surface area contributed by atoms with Crippen LogP contribution in [0.3, 0.4) is 0 Å². The Balaban J connectivity index is 2.94. The van der Waals surface area contributed by atoms with E-state index in [2.05, 4.69) is 30.7 Å². The highest BCUT2D eigenvalue weighted by molar-refractivity contribution is 5.42. The van der Waals surface area contributed by atoms with Gasteiger partial charge in [0.05, 0.1) is 7.11 Å². The fraction of sp³-hybridized carbons (Fsp3) is 0.308. The first kappa shape index (κ1) is 11.3. The third-order valence-electron chi connectivity index (χ3n) is 2.09. The van der Waals surface area contributed by atoms with Gasteiger partial charge in [0.1, 0.15) is 0 Å². The first-order chi connectivity index (χ1) is 7.13. The molecule has 1 rings (SSSR count). The number of hydrogen-bond acceptors (Lipinski definition) is 2. The summed E-state index contributed by atoms with van der Waals surface area (Å²) < 4.78 is 5.02. The molecule has 0 saturated heterocycles. The van der Waals surface area contributed by atoms with E-state index in [4.69, 9.17) is 4.74 Å². The van der Waals surface area contributed by atoms with E-state index in [1.54, 1.807) is 13.3 Å². The lowest BCUT2D eigenvalue weighted by molar-refractivity contribution is 0.398. The number of methoxy groups -OCH3 is 1. The van der Waals surface area contributed by atoms with Gasteiger partial charge in [0.2, 0.25) is 5.88 Å². The van der Waals surface area contributed by atoms with Crippen molar-refractivity contribution in [1.82, 2.24) is 4.98 Å². The molecule has 0 aliphatic heterocycles. The molecule has 0 unspecified atom stereocenters. The molecule has 2 heteroatoms. The van der Waals surface area contributed by atoms with Crippen LogP contribution in [0.2, 0.25) is 0 Å². The molecule has 15 heavy (non-hydrogen) atoms. The lowest BCUT2D eigenvalue weighted by Gasteiger charge is -1.97. The molecule has 0 aliphatic carbocycles. The van der Waals surface area contributed by atoms with Crippen molar-refractivity contribution in [2.45, 2.75) is 20.8 Å². The van der Waals surface area contributed by atoms with Gasteiger partial charge in [0.15, 0.2) is 0 Å². The minimum absolute atomic E-state index is 0.594. The SMILES string of the molecule is COc1cc(C#CC(C)=C(C)C)ccn1. The Hall–Kier alpha value is -1.75. The normalized spacial score (nSPS) is 8.80. The largest absolute Gasteiger partial charge is 0.481 e. The van der Waals surface area contributed by atoms with E-state index < -0.39 is 0 Å². The van der Waals surface area contributed by atoms with E-state index in [1.807, 2.05) is 19.1 Å². The average molecular weight is 201 g/mol. The molecule has 2 nitrogen and oxygen atoms in total. The van der Waals surface area contributed by atoms with Crippen LogP contribution in [0, 0.1) is 11.8 Å². The van der Waals surface area contributed by atoms with Crippen molar-refractivity contribution >= 4 is 0 Å². The van der Waals surface area contributed by atoms with Gasteiger partial charge in [0.25, 0.3) is 0 Å². The molecule has 0 N–H and O–H groups in total. The molecule has 1 heterocycles. The van der Waals surface area contributed by atoms with Crippen LogP contribution < -0.4 is 4.74 Å². The Morgan fingerprint density at radius 1 is 1.33 bits per heavy atom. The number of pyridine rings is 1. The zero-order valence-electron chi connectivity index (χ0n) is 9.59. The molecule has 0 fully saturated rings. The maximum Gasteiger partial charge on any atom is 0.214 e. The smallest absolute Gasteiger partial charge is 0.214 e. The predicted molar refractivity (Wildman–Crippen MR) is 61.7 cm³/mol. The number of rotatable bonds is 1. The second kappa shape index (κ2) is 5.21. The van der Waals surface area contributed by atoms with Gasteiger partial charge in [-0.25, -0.2) is 4.98 Å². The highest BCUT2D eigenvalue weighted by atomic mass is 16.5. The summed E-state index contributed by atoms with van der Waals surface area (Å²) in [5.41, 5.74) is 3.26. The van der Waals surface area contributed by atoms with Crippen LogP contribution in [0.5, 0.6) is 5.88 Å². The third kappa shape index (κ3) is 3.47. The topological polar surface area (TPSA) is 22.1 Å². The summed E-state index contributed by atoms with van der Waals surface area (Å²) in [5.74, 6) is 6.76. The Bertz CT molecular complexity index is 431. The van der Waals surface area contributed by atoms with Crippen molar-refractivity contribution in [3.8, 4) is 17.7 Å². The number of allylic oxidation sites excluding steroid dienone is 2. The van der Waals surface area contributed by atoms with Crippen LogP contribution in [-0.2, 0) is 0 Å². The Morgan fingerprint density at radius 3 is 2.67 bits per heavy atom. The molecule has 0 atom stereocenters. The van der Waals surface area contributed by atoms with Crippen LogP contribution in [0.25, 0.3) is 0 Å². The van der Waals surface area contributed by atoms with Crippen molar-refractivity contribution in [3.63, 3.8) is 0 Å². The average Bonchev–Trinajstić information content (AvgIpc) is 2.26. The van der Waals surface area contributed by atoms with Crippen LogP contribution in [-0.4, -0.2) is 12.1 Å². The third-order valence-corrected chi connectivity index (χ3v) is 2.09. The fourth-order valence-corrected chi connectivity index (χ4v) is 0.890. The minimum atomic E-state index is 0.594. The first-order valence-electron chi connectivity index (χ1n) is 4.79. The van der Waals surface area contributed by atoms with E-state index in [9.17, 15) is 0 Å². The second-order valence-electron chi connectivity index (χ2n) is 3.46. The summed E-state index contributed by atoms with van der Waals surface area (Å²) >= 11 is 0. The zero-order chi connectivity index (χ0) is 11.3. The molecule has 1 aromatic heterocycles. The van der Waals surface area contributed by atoms with Crippen molar-refractivity contribution in [3.05, 3.63) is 35.0 Å². The quantitative estimate of drug-likeness (QED) is 0.652. The van der Waals surface area contributed by atoms with E-state index in [-0.39, 0.29) is 0 Å². The van der Waals surface area contributed by atoms with E-state index in [0.717, 1.165) is 11.1 Å². The zero-order valence-corrected chi connectivity index (χ0v) is 9.59. The van der Waals surface area contributed by atoms with Gasteiger partial charge in [-0.15, -0.1) is 0 Å². The summed E-state index contributed by atoms with van der Waals surface area (Å²) in [5, 5.41) is 0. The van der Waals surface area contributed by atoms with Gasteiger partial charge in [-0.1, -0.05) is 17.4 Å². The fourth-order valence-electron chi connectivity index (χ4n) is 0.890. The Labute approximate surface area is 91.0 Å². The van der Waals surface area contributed by atoms with Gasteiger partial charge in [-0.05, 0) is 32.4 Å². The summed E-state index contributed by atoms with van der Waals surface area (Å²) in [6.45, 7) is 6.12. The summed E-state index contributed by atoms with van der Waals surface area (Å²) in [6.07, 6.45) is 1.70. The second-order valence-corrected chi connectivity index (χ2v) is 3.46. The summed E-state index contributed by atoms with van der Waals surface area (Å²) in [7, 11) is 1.60. The maximum absolute atomic E-state index is 5.02. The van der Waals surface area contributed by atoms with Gasteiger partial charge in [-0.2, -0.15) is 0 Å². The number of nitrogens with zero attached hydrogens (tertiary/aromatic N) is 1. The predicted octanol–water partition coefficient (Wildman–Crippen LogP) is 2.80. The maximum atomic E-state index is 5.02. The van der Waals surface area contributed by atoms with Gasteiger partial charge < -0.3 is 4.74 Å². The summed E-state index contributed by atoms with van der Waals surface area (Å²) in [6, 6.07) is 3.69. The molecule has 0 amide bonds. The lowest BCUT2D eigenvalue weighted by Crippen LogP contribution is -1.87. The minimum Gasteiger partial charge on any atom is -0.481 e. The highest BCUT2D eigenvalue weighted by Crippen LogP contribution is 2.07. The van der Waals surface area contributed by atoms with Crippen molar-refractivity contribution in [2.75, 3.05) is 7.11 Å². The molecule has 78 valence electrons. The van der Waals surface area contributed by atoms with Crippen molar-refractivity contribution in [2.24, 2.45) is 0 Å². The number of hydrogen-bond donors (Lipinski definition) is 0. The molecule has 0 aromatic carbocycles. The molecule has 0 spiro atoms. The number of ether oxygens (including phenoxy) is 1.